The molecular formula is C13H14N2O3. The fourth-order valence-corrected chi connectivity index (χ4v) is 2.06. The number of carboxylic acid groups (broad SMARTS) is 1. The first kappa shape index (κ1) is 12.3. The molecule has 0 aliphatic rings. The van der Waals surface area contributed by atoms with Crippen molar-refractivity contribution in [1.29, 1.82) is 0 Å². The summed E-state index contributed by atoms with van der Waals surface area (Å²) in [5, 5.41) is 15.5. The van der Waals surface area contributed by atoms with Gasteiger partial charge in [-0.2, -0.15) is 5.10 Å². The first-order valence-corrected chi connectivity index (χ1v) is 5.80. The second-order valence-electron chi connectivity index (χ2n) is 4.23. The lowest BCUT2D eigenvalue weighted by Crippen LogP contribution is -2.19. The number of aryl methyl sites for hydroxylation is 2. The third-order valence-corrected chi connectivity index (χ3v) is 3.04. The van der Waals surface area contributed by atoms with Crippen molar-refractivity contribution in [1.82, 2.24) is 10.2 Å². The Morgan fingerprint density at radius 1 is 1.44 bits per heavy atom. The Morgan fingerprint density at radius 3 is 2.78 bits per heavy atom. The third-order valence-electron chi connectivity index (χ3n) is 3.04. The van der Waals surface area contributed by atoms with E-state index >= 15 is 0 Å². The summed E-state index contributed by atoms with van der Waals surface area (Å²) in [7, 11) is 0. The van der Waals surface area contributed by atoms with Crippen LogP contribution in [0.4, 0.5) is 0 Å². The molecule has 1 heterocycles. The van der Waals surface area contributed by atoms with Gasteiger partial charge in [0.1, 0.15) is 0 Å². The molecule has 0 saturated carbocycles. The molecule has 1 aromatic heterocycles. The molecule has 0 amide bonds. The van der Waals surface area contributed by atoms with Crippen LogP contribution in [0, 0.1) is 6.92 Å². The molecule has 0 saturated heterocycles. The van der Waals surface area contributed by atoms with Gasteiger partial charge >= 0.3 is 5.97 Å². The van der Waals surface area contributed by atoms with Gasteiger partial charge in [-0.1, -0.05) is 19.4 Å². The lowest BCUT2D eigenvalue weighted by atomic mass is 10.0. The summed E-state index contributed by atoms with van der Waals surface area (Å²) >= 11 is 0. The van der Waals surface area contributed by atoms with E-state index in [0.29, 0.717) is 10.9 Å². The number of fused-ring (bicyclic) bond motifs is 1. The maximum absolute atomic E-state index is 11.9. The van der Waals surface area contributed by atoms with Crippen LogP contribution in [0.15, 0.2) is 16.9 Å². The van der Waals surface area contributed by atoms with Gasteiger partial charge in [-0.05, 0) is 30.5 Å². The van der Waals surface area contributed by atoms with Crippen LogP contribution in [0.1, 0.15) is 35.0 Å². The number of aromatic amines is 1. The highest BCUT2D eigenvalue weighted by atomic mass is 16.4. The Labute approximate surface area is 103 Å². The van der Waals surface area contributed by atoms with Gasteiger partial charge < -0.3 is 5.11 Å². The van der Waals surface area contributed by atoms with Gasteiger partial charge in [0, 0.05) is 5.39 Å². The number of rotatable bonds is 3. The molecule has 5 nitrogen and oxygen atoms in total. The largest absolute Gasteiger partial charge is 0.476 e. The van der Waals surface area contributed by atoms with E-state index in [2.05, 4.69) is 17.1 Å². The molecule has 0 bridgehead atoms. The molecule has 0 aliphatic carbocycles. The Balaban J connectivity index is 2.75. The number of nitrogens with zero attached hydrogens (tertiary/aromatic N) is 1. The van der Waals surface area contributed by atoms with E-state index in [9.17, 15) is 9.59 Å². The number of hydrogen-bond donors (Lipinski definition) is 2. The fraction of sp³-hybridized carbons (Fsp3) is 0.308. The van der Waals surface area contributed by atoms with Crippen LogP contribution in [0.2, 0.25) is 0 Å². The Bertz CT molecular complexity index is 674. The maximum atomic E-state index is 11.9. The molecule has 18 heavy (non-hydrogen) atoms. The minimum Gasteiger partial charge on any atom is -0.476 e. The van der Waals surface area contributed by atoms with Gasteiger partial charge in [-0.3, -0.25) is 9.89 Å². The average molecular weight is 246 g/mol. The molecule has 5 heteroatoms. The van der Waals surface area contributed by atoms with Gasteiger partial charge in [0.25, 0.3) is 0 Å². The third kappa shape index (κ3) is 1.88. The molecular weight excluding hydrogens is 232 g/mol. The molecule has 2 aromatic rings. The maximum Gasteiger partial charge on any atom is 0.360 e. The molecule has 0 fully saturated rings. The Kier molecular flexibility index (Phi) is 3.14. The summed E-state index contributed by atoms with van der Waals surface area (Å²) in [6.45, 7) is 3.99. The van der Waals surface area contributed by atoms with E-state index in [0.717, 1.165) is 24.0 Å². The minimum absolute atomic E-state index is 0.375. The molecule has 0 radical (unpaired) electrons. The fourth-order valence-electron chi connectivity index (χ4n) is 2.06. The van der Waals surface area contributed by atoms with Gasteiger partial charge in [-0.15, -0.1) is 0 Å². The predicted molar refractivity (Wildman–Crippen MR) is 68.1 cm³/mol. The van der Waals surface area contributed by atoms with Crippen molar-refractivity contribution in [2.24, 2.45) is 0 Å². The highest BCUT2D eigenvalue weighted by Crippen LogP contribution is 2.18. The molecule has 2 rings (SSSR count). The summed E-state index contributed by atoms with van der Waals surface area (Å²) in [6.07, 6.45) is 1.93. The summed E-state index contributed by atoms with van der Waals surface area (Å²) in [5.41, 5.74) is 1.71. The van der Waals surface area contributed by atoms with Crippen LogP contribution in [-0.2, 0) is 6.42 Å². The summed E-state index contributed by atoms with van der Waals surface area (Å²) in [6, 6.07) is 3.54. The monoisotopic (exact) mass is 246 g/mol. The Hall–Kier alpha value is -2.17. The summed E-state index contributed by atoms with van der Waals surface area (Å²) in [5.74, 6) is -1.31. The van der Waals surface area contributed by atoms with Crippen molar-refractivity contribution < 1.29 is 9.90 Å². The van der Waals surface area contributed by atoms with Crippen LogP contribution >= 0.6 is 0 Å². The number of benzene rings is 1. The zero-order chi connectivity index (χ0) is 13.3. The van der Waals surface area contributed by atoms with Gasteiger partial charge in [0.2, 0.25) is 11.1 Å². The molecule has 0 aliphatic heterocycles. The van der Waals surface area contributed by atoms with E-state index in [-0.39, 0.29) is 0 Å². The van der Waals surface area contributed by atoms with Crippen LogP contribution in [0.25, 0.3) is 10.9 Å². The number of nitrogens with one attached hydrogen (secondary N) is 1. The van der Waals surface area contributed by atoms with Gasteiger partial charge in [-0.25, -0.2) is 4.79 Å². The van der Waals surface area contributed by atoms with Crippen molar-refractivity contribution in [2.45, 2.75) is 26.7 Å². The van der Waals surface area contributed by atoms with Crippen molar-refractivity contribution in [2.75, 3.05) is 0 Å². The van der Waals surface area contributed by atoms with Crippen LogP contribution in [-0.4, -0.2) is 21.3 Å². The van der Waals surface area contributed by atoms with E-state index in [1.54, 1.807) is 6.07 Å². The number of carboxylic acids is 1. The minimum atomic E-state index is -1.31. The number of H-pyrrole nitrogens is 1. The molecule has 2 N–H and O–H groups in total. The van der Waals surface area contributed by atoms with E-state index in [1.807, 2.05) is 13.0 Å². The smallest absolute Gasteiger partial charge is 0.360 e. The second-order valence-corrected chi connectivity index (χ2v) is 4.23. The molecule has 94 valence electrons. The van der Waals surface area contributed by atoms with Gasteiger partial charge in [0.05, 0.1) is 5.52 Å². The highest BCUT2D eigenvalue weighted by Gasteiger charge is 2.15. The molecule has 0 atom stereocenters. The highest BCUT2D eigenvalue weighted by molar-refractivity contribution is 5.91. The molecule has 0 unspecified atom stereocenters. The van der Waals surface area contributed by atoms with Crippen molar-refractivity contribution in [3.63, 3.8) is 0 Å². The van der Waals surface area contributed by atoms with Crippen molar-refractivity contribution in [3.05, 3.63) is 39.2 Å². The quantitative estimate of drug-likeness (QED) is 0.866. The molecule has 0 spiro atoms. The first-order valence-electron chi connectivity index (χ1n) is 5.80. The summed E-state index contributed by atoms with van der Waals surface area (Å²) < 4.78 is 0. The SMILES string of the molecule is CCCc1ccc2c(=O)c(C(=O)O)n[nH]c2c1C. The average Bonchev–Trinajstić information content (AvgIpc) is 2.33. The lowest BCUT2D eigenvalue weighted by molar-refractivity contribution is 0.0688. The lowest BCUT2D eigenvalue weighted by Gasteiger charge is -2.08. The van der Waals surface area contributed by atoms with Crippen LogP contribution in [0.3, 0.4) is 0 Å². The predicted octanol–water partition coefficient (Wildman–Crippen LogP) is 1.88. The standard InChI is InChI=1S/C13H14N2O3/c1-3-4-8-5-6-9-10(7(8)2)14-15-11(12(9)16)13(17)18/h5-6H,3-4H2,1-2H3,(H,14,16)(H,17,18). The van der Waals surface area contributed by atoms with Crippen LogP contribution in [0.5, 0.6) is 0 Å². The Morgan fingerprint density at radius 2 is 2.17 bits per heavy atom. The normalized spacial score (nSPS) is 10.8. The zero-order valence-corrected chi connectivity index (χ0v) is 10.3. The van der Waals surface area contributed by atoms with E-state index in [4.69, 9.17) is 5.11 Å². The second kappa shape index (κ2) is 4.60. The number of aromatic nitrogens is 2. The van der Waals surface area contributed by atoms with Crippen molar-refractivity contribution in [3.8, 4) is 0 Å². The number of hydrogen-bond acceptors (Lipinski definition) is 3. The first-order chi connectivity index (χ1) is 8.56. The molecule has 1 aromatic carbocycles. The van der Waals surface area contributed by atoms with Crippen molar-refractivity contribution >= 4 is 16.9 Å². The van der Waals surface area contributed by atoms with E-state index in [1.165, 1.54) is 0 Å². The van der Waals surface area contributed by atoms with Gasteiger partial charge in [0.15, 0.2) is 0 Å². The van der Waals surface area contributed by atoms with E-state index < -0.39 is 17.1 Å². The zero-order valence-electron chi connectivity index (χ0n) is 10.3. The number of carbonyl (C=O) groups is 1. The topological polar surface area (TPSA) is 83.1 Å². The summed E-state index contributed by atoms with van der Waals surface area (Å²) in [4.78, 5) is 22.8. The van der Waals surface area contributed by atoms with Crippen LogP contribution < -0.4 is 5.43 Å². The number of aromatic carboxylic acids is 1.